The highest BCUT2D eigenvalue weighted by atomic mass is 16.2. The number of aromatic nitrogens is 1. The van der Waals surface area contributed by atoms with Gasteiger partial charge >= 0.3 is 0 Å². The highest BCUT2D eigenvalue weighted by Gasteiger charge is 2.13. The third-order valence-corrected chi connectivity index (χ3v) is 2.09. The lowest BCUT2D eigenvalue weighted by molar-refractivity contribution is -0.122. The Bertz CT molecular complexity index is 419. The Hall–Kier alpha value is -2.09. The monoisotopic (exact) mass is 232 g/mol. The van der Waals surface area contributed by atoms with Gasteiger partial charge in [-0.25, -0.2) is 4.98 Å². The zero-order valence-corrected chi connectivity index (χ0v) is 10.2. The Labute approximate surface area is 101 Å². The molecule has 0 aliphatic heterocycles. The maximum absolute atomic E-state index is 11.6. The topological polar surface area (TPSA) is 77.8 Å². The molecule has 0 radical (unpaired) electrons. The van der Waals surface area contributed by atoms with Crippen molar-refractivity contribution in [1.82, 2.24) is 10.3 Å². The van der Waals surface area contributed by atoms with Gasteiger partial charge < -0.3 is 10.6 Å². The first kappa shape index (κ1) is 13.0. The van der Waals surface area contributed by atoms with E-state index in [9.17, 15) is 4.79 Å². The highest BCUT2D eigenvalue weighted by molar-refractivity contribution is 5.84. The van der Waals surface area contributed by atoms with Crippen LogP contribution in [-0.2, 0) is 4.79 Å². The number of nitrogens with zero attached hydrogens (tertiary/aromatic N) is 2. The summed E-state index contributed by atoms with van der Waals surface area (Å²) in [5, 5.41) is 14.4. The van der Waals surface area contributed by atoms with Gasteiger partial charge in [-0.3, -0.25) is 4.79 Å². The second kappa shape index (κ2) is 5.85. The van der Waals surface area contributed by atoms with Crippen LogP contribution in [-0.4, -0.2) is 23.0 Å². The van der Waals surface area contributed by atoms with E-state index >= 15 is 0 Å². The number of nitriles is 1. The lowest BCUT2D eigenvalue weighted by atomic mass is 10.2. The molecule has 1 heterocycles. The van der Waals surface area contributed by atoms with Crippen molar-refractivity contribution in [2.45, 2.75) is 32.9 Å². The molecule has 0 saturated carbocycles. The van der Waals surface area contributed by atoms with Crippen molar-refractivity contribution in [3.8, 4) is 6.07 Å². The lowest BCUT2D eigenvalue weighted by Crippen LogP contribution is -2.40. The standard InChI is InChI=1S/C12H16N4O/c1-8(2)15-12(17)9(3)16-11-5-4-10(6-13)14-7-11/h4-5,7-9,16H,1-3H3,(H,15,17). The molecule has 0 spiro atoms. The number of hydrogen-bond donors (Lipinski definition) is 2. The quantitative estimate of drug-likeness (QED) is 0.819. The molecule has 1 rings (SSSR count). The van der Waals surface area contributed by atoms with Crippen LogP contribution in [0.1, 0.15) is 26.5 Å². The van der Waals surface area contributed by atoms with Crippen molar-refractivity contribution in [2.24, 2.45) is 0 Å². The fourth-order valence-corrected chi connectivity index (χ4v) is 1.27. The minimum absolute atomic E-state index is 0.0654. The third kappa shape index (κ3) is 4.11. The molecule has 2 N–H and O–H groups in total. The van der Waals surface area contributed by atoms with Crippen LogP contribution in [0.3, 0.4) is 0 Å². The van der Waals surface area contributed by atoms with E-state index in [1.807, 2.05) is 19.9 Å². The molecule has 1 unspecified atom stereocenters. The van der Waals surface area contributed by atoms with Crippen LogP contribution in [0, 0.1) is 11.3 Å². The summed E-state index contributed by atoms with van der Waals surface area (Å²) in [5.74, 6) is -0.0654. The normalized spacial score (nSPS) is 11.7. The summed E-state index contributed by atoms with van der Waals surface area (Å²) in [6, 6.07) is 5.05. The van der Waals surface area contributed by atoms with E-state index < -0.39 is 0 Å². The predicted molar refractivity (Wildman–Crippen MR) is 65.3 cm³/mol. The number of nitrogens with one attached hydrogen (secondary N) is 2. The van der Waals surface area contributed by atoms with Crippen LogP contribution in [0.15, 0.2) is 18.3 Å². The minimum Gasteiger partial charge on any atom is -0.373 e. The van der Waals surface area contributed by atoms with Crippen LogP contribution < -0.4 is 10.6 Å². The number of pyridine rings is 1. The first-order chi connectivity index (χ1) is 8.02. The first-order valence-electron chi connectivity index (χ1n) is 5.46. The van der Waals surface area contributed by atoms with E-state index in [2.05, 4.69) is 15.6 Å². The number of amides is 1. The molecule has 1 aromatic heterocycles. The molecule has 5 nitrogen and oxygen atoms in total. The average molecular weight is 232 g/mol. The fraction of sp³-hybridized carbons (Fsp3) is 0.417. The van der Waals surface area contributed by atoms with Crippen molar-refractivity contribution < 1.29 is 4.79 Å². The van der Waals surface area contributed by atoms with E-state index in [1.54, 1.807) is 19.1 Å². The van der Waals surface area contributed by atoms with Gasteiger partial charge in [-0.2, -0.15) is 5.26 Å². The molecule has 0 aliphatic rings. The van der Waals surface area contributed by atoms with Crippen LogP contribution in [0.4, 0.5) is 5.69 Å². The fourth-order valence-electron chi connectivity index (χ4n) is 1.27. The zero-order valence-electron chi connectivity index (χ0n) is 10.2. The van der Waals surface area contributed by atoms with Gasteiger partial charge in [-0.1, -0.05) is 0 Å². The largest absolute Gasteiger partial charge is 0.373 e. The molecule has 17 heavy (non-hydrogen) atoms. The van der Waals surface area contributed by atoms with E-state index in [0.29, 0.717) is 5.69 Å². The molecule has 1 amide bonds. The van der Waals surface area contributed by atoms with E-state index in [0.717, 1.165) is 5.69 Å². The molecule has 5 heteroatoms. The molecular formula is C12H16N4O. The van der Waals surface area contributed by atoms with Gasteiger partial charge in [-0.15, -0.1) is 0 Å². The Balaban J connectivity index is 2.58. The van der Waals surface area contributed by atoms with Gasteiger partial charge in [0.25, 0.3) is 0 Å². The molecule has 0 bridgehead atoms. The number of anilines is 1. The van der Waals surface area contributed by atoms with Crippen LogP contribution in [0.2, 0.25) is 0 Å². The van der Waals surface area contributed by atoms with Gasteiger partial charge in [0.2, 0.25) is 5.91 Å². The Kier molecular flexibility index (Phi) is 4.46. The van der Waals surface area contributed by atoms with Crippen molar-refractivity contribution in [3.63, 3.8) is 0 Å². The maximum Gasteiger partial charge on any atom is 0.242 e. The second-order valence-electron chi connectivity index (χ2n) is 4.07. The summed E-state index contributed by atoms with van der Waals surface area (Å²) in [4.78, 5) is 15.5. The Morgan fingerprint density at radius 1 is 1.41 bits per heavy atom. The summed E-state index contributed by atoms with van der Waals surface area (Å²) in [6.07, 6.45) is 1.54. The number of carbonyl (C=O) groups is 1. The highest BCUT2D eigenvalue weighted by Crippen LogP contribution is 2.07. The lowest BCUT2D eigenvalue weighted by Gasteiger charge is -2.16. The van der Waals surface area contributed by atoms with Crippen molar-refractivity contribution in [3.05, 3.63) is 24.0 Å². The van der Waals surface area contributed by atoms with Crippen LogP contribution in [0.25, 0.3) is 0 Å². The van der Waals surface area contributed by atoms with E-state index in [-0.39, 0.29) is 18.0 Å². The summed E-state index contributed by atoms with van der Waals surface area (Å²) >= 11 is 0. The van der Waals surface area contributed by atoms with Crippen LogP contribution in [0.5, 0.6) is 0 Å². The van der Waals surface area contributed by atoms with Crippen molar-refractivity contribution in [1.29, 1.82) is 5.26 Å². The molecular weight excluding hydrogens is 216 g/mol. The average Bonchev–Trinajstić information content (AvgIpc) is 2.29. The van der Waals surface area contributed by atoms with E-state index in [4.69, 9.17) is 5.26 Å². The first-order valence-corrected chi connectivity index (χ1v) is 5.46. The SMILES string of the molecule is CC(C)NC(=O)C(C)Nc1ccc(C#N)nc1. The predicted octanol–water partition coefficient (Wildman–Crippen LogP) is 1.28. The smallest absolute Gasteiger partial charge is 0.242 e. The van der Waals surface area contributed by atoms with Gasteiger partial charge in [-0.05, 0) is 32.9 Å². The Morgan fingerprint density at radius 2 is 2.12 bits per heavy atom. The molecule has 90 valence electrons. The Morgan fingerprint density at radius 3 is 2.59 bits per heavy atom. The van der Waals surface area contributed by atoms with Gasteiger partial charge in [0.15, 0.2) is 0 Å². The number of hydrogen-bond acceptors (Lipinski definition) is 4. The molecule has 0 fully saturated rings. The minimum atomic E-state index is -0.341. The van der Waals surface area contributed by atoms with Gasteiger partial charge in [0.05, 0.1) is 11.9 Å². The summed E-state index contributed by atoms with van der Waals surface area (Å²) < 4.78 is 0. The molecule has 0 aromatic carbocycles. The third-order valence-electron chi connectivity index (χ3n) is 2.09. The van der Waals surface area contributed by atoms with Crippen LogP contribution >= 0.6 is 0 Å². The molecule has 1 atom stereocenters. The summed E-state index contributed by atoms with van der Waals surface area (Å²) in [7, 11) is 0. The zero-order chi connectivity index (χ0) is 12.8. The summed E-state index contributed by atoms with van der Waals surface area (Å²) in [5.41, 5.74) is 1.07. The van der Waals surface area contributed by atoms with E-state index in [1.165, 1.54) is 6.20 Å². The van der Waals surface area contributed by atoms with Gasteiger partial charge in [0, 0.05) is 6.04 Å². The molecule has 0 aliphatic carbocycles. The number of rotatable bonds is 4. The number of carbonyl (C=O) groups excluding carboxylic acids is 1. The molecule has 1 aromatic rings. The molecule has 0 saturated heterocycles. The van der Waals surface area contributed by atoms with Crippen molar-refractivity contribution >= 4 is 11.6 Å². The second-order valence-corrected chi connectivity index (χ2v) is 4.07. The van der Waals surface area contributed by atoms with Gasteiger partial charge in [0.1, 0.15) is 17.8 Å². The summed E-state index contributed by atoms with van der Waals surface area (Å²) in [6.45, 7) is 5.59. The maximum atomic E-state index is 11.6. The van der Waals surface area contributed by atoms with Crippen molar-refractivity contribution in [2.75, 3.05) is 5.32 Å².